The van der Waals surface area contributed by atoms with Crippen LogP contribution in [0.3, 0.4) is 0 Å². The lowest BCUT2D eigenvalue weighted by molar-refractivity contribution is -0.114. The molecule has 3 rings (SSSR count). The number of rotatable bonds is 1. The summed E-state index contributed by atoms with van der Waals surface area (Å²) in [5.41, 5.74) is 7.44. The summed E-state index contributed by atoms with van der Waals surface area (Å²) >= 11 is 0. The number of benzene rings is 1. The number of hydrogen-bond donors (Lipinski definition) is 2. The number of amides is 1. The molecule has 3 N–H and O–H groups in total. The molecule has 0 aliphatic rings. The quantitative estimate of drug-likeness (QED) is 0.515. The first-order valence-corrected chi connectivity index (χ1v) is 6.05. The summed E-state index contributed by atoms with van der Waals surface area (Å²) in [7, 11) is 0. The lowest BCUT2D eigenvalue weighted by atomic mass is 10.1. The number of nitrogens with two attached hydrogens (primary N) is 1. The maximum Gasteiger partial charge on any atom is 0.267 e. The second kappa shape index (κ2) is 4.34. The number of carbonyl (C=O) groups excluding carboxylic acids is 1. The van der Waals surface area contributed by atoms with Gasteiger partial charge in [-0.1, -0.05) is 6.07 Å². The van der Waals surface area contributed by atoms with Crippen molar-refractivity contribution in [1.29, 1.82) is 0 Å². The van der Waals surface area contributed by atoms with Crippen LogP contribution in [-0.2, 0) is 4.79 Å². The number of carbonyl (C=O) groups is 1. The van der Waals surface area contributed by atoms with Crippen molar-refractivity contribution in [1.82, 2.24) is 9.38 Å². The molecule has 20 heavy (non-hydrogen) atoms. The Morgan fingerprint density at radius 1 is 1.30 bits per heavy atom. The zero-order valence-corrected chi connectivity index (χ0v) is 10.8. The van der Waals surface area contributed by atoms with E-state index < -0.39 is 0 Å². The number of fused-ring (bicyclic) bond motifs is 2. The smallest absolute Gasteiger partial charge is 0.267 e. The highest BCUT2D eigenvalue weighted by atomic mass is 16.1. The van der Waals surface area contributed by atoms with Crippen LogP contribution in [0.25, 0.3) is 16.6 Å². The third kappa shape index (κ3) is 1.78. The molecule has 1 amide bonds. The summed E-state index contributed by atoms with van der Waals surface area (Å²) < 4.78 is 1.43. The highest BCUT2D eigenvalue weighted by Gasteiger charge is 2.12. The maximum absolute atomic E-state index is 12.5. The van der Waals surface area contributed by atoms with Crippen LogP contribution in [0.5, 0.6) is 0 Å². The largest absolute Gasteiger partial charge is 0.396 e. The number of anilines is 2. The van der Waals surface area contributed by atoms with Crippen LogP contribution in [0.15, 0.2) is 41.3 Å². The molecule has 0 bridgehead atoms. The molecule has 0 radical (unpaired) electrons. The van der Waals surface area contributed by atoms with Gasteiger partial charge in [-0.2, -0.15) is 0 Å². The minimum absolute atomic E-state index is 0.230. The Kier molecular flexibility index (Phi) is 2.64. The lowest BCUT2D eigenvalue weighted by Crippen LogP contribution is -2.17. The van der Waals surface area contributed by atoms with E-state index in [4.69, 9.17) is 5.73 Å². The van der Waals surface area contributed by atoms with E-state index in [0.717, 1.165) is 0 Å². The molecule has 0 saturated heterocycles. The molecule has 0 saturated carbocycles. The van der Waals surface area contributed by atoms with E-state index in [1.54, 1.807) is 30.5 Å². The van der Waals surface area contributed by atoms with Crippen molar-refractivity contribution < 1.29 is 4.79 Å². The summed E-state index contributed by atoms with van der Waals surface area (Å²) in [6, 6.07) is 8.62. The summed E-state index contributed by atoms with van der Waals surface area (Å²) in [6.07, 6.45) is 1.63. The molecule has 100 valence electrons. The first-order chi connectivity index (χ1) is 9.58. The van der Waals surface area contributed by atoms with Crippen molar-refractivity contribution in [2.75, 3.05) is 11.1 Å². The van der Waals surface area contributed by atoms with Crippen LogP contribution in [0.2, 0.25) is 0 Å². The first kappa shape index (κ1) is 12.2. The average Bonchev–Trinajstić information content (AvgIpc) is 2.42. The Hall–Kier alpha value is -2.89. The van der Waals surface area contributed by atoms with Gasteiger partial charge in [0.15, 0.2) is 0 Å². The number of nitrogens with one attached hydrogen (secondary N) is 1. The van der Waals surface area contributed by atoms with Crippen LogP contribution in [-0.4, -0.2) is 15.3 Å². The van der Waals surface area contributed by atoms with E-state index in [0.29, 0.717) is 22.2 Å². The van der Waals surface area contributed by atoms with Crippen LogP contribution in [0, 0.1) is 0 Å². The third-order valence-corrected chi connectivity index (χ3v) is 3.04. The van der Waals surface area contributed by atoms with E-state index in [1.165, 1.54) is 11.3 Å². The second-order valence-electron chi connectivity index (χ2n) is 4.45. The second-order valence-corrected chi connectivity index (χ2v) is 4.45. The molecule has 2 aromatic heterocycles. The number of nitrogens with zero attached hydrogens (tertiary/aromatic N) is 2. The first-order valence-electron chi connectivity index (χ1n) is 6.05. The average molecular weight is 268 g/mol. The van der Waals surface area contributed by atoms with Crippen molar-refractivity contribution in [2.24, 2.45) is 0 Å². The van der Waals surface area contributed by atoms with Gasteiger partial charge in [-0.25, -0.2) is 4.98 Å². The molecule has 6 nitrogen and oxygen atoms in total. The molecule has 3 aromatic rings. The predicted molar refractivity (Wildman–Crippen MR) is 77.7 cm³/mol. The molecule has 1 aromatic carbocycles. The highest BCUT2D eigenvalue weighted by Crippen LogP contribution is 2.25. The zero-order valence-electron chi connectivity index (χ0n) is 10.8. The molecular weight excluding hydrogens is 256 g/mol. The zero-order chi connectivity index (χ0) is 14.3. The maximum atomic E-state index is 12.5. The minimum Gasteiger partial charge on any atom is -0.396 e. The van der Waals surface area contributed by atoms with Gasteiger partial charge in [0.1, 0.15) is 5.65 Å². The van der Waals surface area contributed by atoms with Crippen LogP contribution >= 0.6 is 0 Å². The number of hydrogen-bond acceptors (Lipinski definition) is 4. The molecule has 2 heterocycles. The molecule has 0 atom stereocenters. The van der Waals surface area contributed by atoms with E-state index in [-0.39, 0.29) is 17.2 Å². The molecule has 0 fully saturated rings. The van der Waals surface area contributed by atoms with E-state index >= 15 is 0 Å². The van der Waals surface area contributed by atoms with Gasteiger partial charge < -0.3 is 11.1 Å². The number of nitrogen functional groups attached to an aromatic ring is 1. The van der Waals surface area contributed by atoms with Gasteiger partial charge in [0, 0.05) is 13.1 Å². The fourth-order valence-corrected chi connectivity index (χ4v) is 2.17. The van der Waals surface area contributed by atoms with Gasteiger partial charge >= 0.3 is 0 Å². The van der Waals surface area contributed by atoms with Crippen molar-refractivity contribution in [3.8, 4) is 0 Å². The van der Waals surface area contributed by atoms with E-state index in [9.17, 15) is 9.59 Å². The Balaban J connectivity index is 2.42. The van der Waals surface area contributed by atoms with Crippen LogP contribution < -0.4 is 16.6 Å². The van der Waals surface area contributed by atoms with Gasteiger partial charge in [-0.15, -0.1) is 0 Å². The summed E-state index contributed by atoms with van der Waals surface area (Å²) in [5, 5.41) is 2.91. The van der Waals surface area contributed by atoms with Crippen molar-refractivity contribution in [3.63, 3.8) is 0 Å². The van der Waals surface area contributed by atoms with E-state index in [1.807, 2.05) is 6.07 Å². The molecule has 6 heteroatoms. The molecular formula is C14H12N4O2. The SMILES string of the molecule is CC(=O)Nc1ccc2nc3ccccn3c(=O)c2c1N. The minimum atomic E-state index is -0.254. The van der Waals surface area contributed by atoms with Crippen molar-refractivity contribution >= 4 is 33.8 Å². The predicted octanol–water partition coefficient (Wildman–Crippen LogP) is 1.39. The van der Waals surface area contributed by atoms with Crippen molar-refractivity contribution in [3.05, 3.63) is 46.9 Å². The van der Waals surface area contributed by atoms with E-state index in [2.05, 4.69) is 10.3 Å². The molecule has 0 aliphatic carbocycles. The Morgan fingerprint density at radius 2 is 2.10 bits per heavy atom. The fourth-order valence-electron chi connectivity index (χ4n) is 2.17. The Bertz CT molecular complexity index is 899. The van der Waals surface area contributed by atoms with Crippen LogP contribution in [0.1, 0.15) is 6.92 Å². The van der Waals surface area contributed by atoms with Gasteiger partial charge in [-0.05, 0) is 24.3 Å². The van der Waals surface area contributed by atoms with Crippen molar-refractivity contribution in [2.45, 2.75) is 6.92 Å². The van der Waals surface area contributed by atoms with Gasteiger partial charge in [-0.3, -0.25) is 14.0 Å². The molecule has 0 aliphatic heterocycles. The standard InChI is InChI=1S/C14H12N4O2/c1-8(19)16-10-6-5-9-12(13(10)15)14(20)18-7-3-2-4-11(18)17-9/h2-7H,15H2,1H3,(H,16,19). The monoisotopic (exact) mass is 268 g/mol. The number of pyridine rings is 1. The Labute approximate surface area is 113 Å². The third-order valence-electron chi connectivity index (χ3n) is 3.04. The van der Waals surface area contributed by atoms with Gasteiger partial charge in [0.25, 0.3) is 5.56 Å². The van der Waals surface area contributed by atoms with Gasteiger partial charge in [0.05, 0.1) is 22.3 Å². The van der Waals surface area contributed by atoms with Crippen LogP contribution in [0.4, 0.5) is 11.4 Å². The lowest BCUT2D eigenvalue weighted by Gasteiger charge is -2.09. The summed E-state index contributed by atoms with van der Waals surface area (Å²) in [6.45, 7) is 1.38. The molecule has 0 spiro atoms. The Morgan fingerprint density at radius 3 is 2.85 bits per heavy atom. The number of aromatic nitrogens is 2. The summed E-state index contributed by atoms with van der Waals surface area (Å²) in [5.74, 6) is -0.245. The normalized spacial score (nSPS) is 10.8. The van der Waals surface area contributed by atoms with Gasteiger partial charge in [0.2, 0.25) is 5.91 Å². The highest BCUT2D eigenvalue weighted by molar-refractivity contribution is 6.02. The summed E-state index contributed by atoms with van der Waals surface area (Å²) in [4.78, 5) is 28.0. The molecule has 0 unspecified atom stereocenters. The fraction of sp³-hybridized carbons (Fsp3) is 0.0714. The topological polar surface area (TPSA) is 89.5 Å².